The molecule has 1 saturated carbocycles. The zero-order chi connectivity index (χ0) is 18.7. The van der Waals surface area contributed by atoms with Crippen molar-refractivity contribution in [3.8, 4) is 0 Å². The third-order valence-electron chi connectivity index (χ3n) is 4.50. The molecule has 0 aliphatic heterocycles. The van der Waals surface area contributed by atoms with Gasteiger partial charge in [-0.15, -0.1) is 0 Å². The second kappa shape index (κ2) is 34.3. The quantitative estimate of drug-likeness (QED) is 0.515. The Morgan fingerprint density at radius 2 is 0.250 bits per heavy atom. The van der Waals surface area contributed by atoms with Gasteiger partial charge >= 0.3 is 0 Å². The van der Waals surface area contributed by atoms with Crippen molar-refractivity contribution >= 4 is 0 Å². The molecule has 0 radical (unpaired) electrons. The van der Waals surface area contributed by atoms with Gasteiger partial charge in [0, 0.05) is 21.3 Å². The van der Waals surface area contributed by atoms with E-state index in [0.717, 1.165) is 21.3 Å². The highest BCUT2D eigenvalue weighted by Gasteiger charge is 1.96. The number of aliphatic hydroxyl groups is 3. The van der Waals surface area contributed by atoms with Crippen LogP contribution in [0.15, 0.2) is 0 Å². The van der Waals surface area contributed by atoms with Crippen molar-refractivity contribution in [2.75, 3.05) is 21.3 Å². The normalized spacial score (nSPS) is 18.8. The maximum atomic E-state index is 7.00. The summed E-state index contributed by atoms with van der Waals surface area (Å²) in [5, 5.41) is 21.0. The molecule has 3 nitrogen and oxygen atoms in total. The van der Waals surface area contributed by atoms with Crippen molar-refractivity contribution in [3.05, 3.63) is 0 Å². The fraction of sp³-hybridized carbons (Fsp3) is 1.00. The molecule has 0 spiro atoms. The topological polar surface area (TPSA) is 60.7 Å². The Morgan fingerprint density at radius 3 is 0.292 bits per heavy atom. The smallest absolute Gasteiger partial charge is 0.0319 e. The number of hydrogen-bond acceptors (Lipinski definition) is 3. The van der Waals surface area contributed by atoms with E-state index in [0.29, 0.717) is 0 Å². The van der Waals surface area contributed by atoms with Crippen molar-refractivity contribution in [3.63, 3.8) is 0 Å². The molecule has 1 rings (SSSR count). The van der Waals surface area contributed by atoms with Crippen molar-refractivity contribution in [2.45, 2.75) is 116 Å². The standard InChI is InChI=1S/C18H36.3CH4O/c1-2-4-6-8-10-12-14-16-18-17-15-13-11-9-7-5-3-1;3*1-2/h1-18H2;3*2H,1H3. The molecule has 0 bridgehead atoms. The molecule has 3 heteroatoms. The first kappa shape index (κ1) is 28.7. The summed E-state index contributed by atoms with van der Waals surface area (Å²) in [5.74, 6) is 0. The van der Waals surface area contributed by atoms with Gasteiger partial charge in [-0.25, -0.2) is 0 Å². The van der Waals surface area contributed by atoms with E-state index in [9.17, 15) is 0 Å². The van der Waals surface area contributed by atoms with Crippen LogP contribution in [0.3, 0.4) is 0 Å². The molecule has 0 heterocycles. The molecule has 150 valence electrons. The molecule has 0 aromatic carbocycles. The van der Waals surface area contributed by atoms with Crippen LogP contribution in [0, 0.1) is 0 Å². The lowest BCUT2D eigenvalue weighted by Gasteiger charge is -2.05. The van der Waals surface area contributed by atoms with Crippen LogP contribution >= 0.6 is 0 Å². The zero-order valence-corrected chi connectivity index (χ0v) is 17.1. The summed E-state index contributed by atoms with van der Waals surface area (Å²) in [4.78, 5) is 0. The minimum absolute atomic E-state index is 1.00. The zero-order valence-electron chi connectivity index (χ0n) is 17.1. The van der Waals surface area contributed by atoms with Crippen molar-refractivity contribution in [1.82, 2.24) is 0 Å². The maximum absolute atomic E-state index is 7.00. The Morgan fingerprint density at radius 1 is 0.208 bits per heavy atom. The van der Waals surface area contributed by atoms with Gasteiger partial charge in [-0.2, -0.15) is 0 Å². The molecule has 0 aromatic rings. The molecule has 3 N–H and O–H groups in total. The van der Waals surface area contributed by atoms with E-state index in [1.807, 2.05) is 0 Å². The second-order valence-electron chi connectivity index (χ2n) is 6.36. The van der Waals surface area contributed by atoms with Gasteiger partial charge in [0.1, 0.15) is 0 Å². The van der Waals surface area contributed by atoms with Crippen LogP contribution in [-0.4, -0.2) is 36.6 Å². The molecule has 0 amide bonds. The van der Waals surface area contributed by atoms with Crippen LogP contribution in [0.1, 0.15) is 116 Å². The van der Waals surface area contributed by atoms with Gasteiger partial charge in [0.25, 0.3) is 0 Å². The summed E-state index contributed by atoms with van der Waals surface area (Å²) >= 11 is 0. The lowest BCUT2D eigenvalue weighted by molar-refractivity contribution is 0.399. The average molecular weight is 349 g/mol. The van der Waals surface area contributed by atoms with E-state index < -0.39 is 0 Å². The molecule has 0 saturated heterocycles. The lowest BCUT2D eigenvalue weighted by Crippen LogP contribution is -1.85. The molecular formula is C21H48O3. The van der Waals surface area contributed by atoms with E-state index in [-0.39, 0.29) is 0 Å². The second-order valence-corrected chi connectivity index (χ2v) is 6.36. The van der Waals surface area contributed by atoms with Gasteiger partial charge in [-0.1, -0.05) is 116 Å². The van der Waals surface area contributed by atoms with Gasteiger partial charge < -0.3 is 15.3 Å². The summed E-state index contributed by atoms with van der Waals surface area (Å²) in [6.45, 7) is 0. The van der Waals surface area contributed by atoms with Crippen molar-refractivity contribution < 1.29 is 15.3 Å². The van der Waals surface area contributed by atoms with E-state index in [2.05, 4.69) is 0 Å². The first-order valence-corrected chi connectivity index (χ1v) is 10.3. The predicted molar refractivity (Wildman–Crippen MR) is 108 cm³/mol. The third kappa shape index (κ3) is 29.8. The van der Waals surface area contributed by atoms with E-state index in [1.54, 1.807) is 0 Å². The molecule has 24 heavy (non-hydrogen) atoms. The molecule has 1 fully saturated rings. The van der Waals surface area contributed by atoms with Gasteiger partial charge in [0.2, 0.25) is 0 Å². The van der Waals surface area contributed by atoms with Crippen LogP contribution < -0.4 is 0 Å². The van der Waals surface area contributed by atoms with Gasteiger partial charge in [0.05, 0.1) is 0 Å². The fourth-order valence-electron chi connectivity index (χ4n) is 3.18. The monoisotopic (exact) mass is 348 g/mol. The van der Waals surface area contributed by atoms with E-state index in [4.69, 9.17) is 15.3 Å². The van der Waals surface area contributed by atoms with Crippen molar-refractivity contribution in [2.24, 2.45) is 0 Å². The fourth-order valence-corrected chi connectivity index (χ4v) is 3.18. The van der Waals surface area contributed by atoms with Gasteiger partial charge in [-0.05, 0) is 0 Å². The Kier molecular flexibility index (Phi) is 40.9. The Hall–Kier alpha value is -0.120. The Labute approximate surface area is 152 Å². The maximum Gasteiger partial charge on any atom is 0.0319 e. The molecule has 0 aromatic heterocycles. The highest BCUT2D eigenvalue weighted by Crippen LogP contribution is 2.16. The summed E-state index contributed by atoms with van der Waals surface area (Å²) in [7, 11) is 3.00. The highest BCUT2D eigenvalue weighted by atomic mass is 16.2. The predicted octanol–water partition coefficient (Wildman–Crippen LogP) is 5.85. The average Bonchev–Trinajstić information content (AvgIpc) is 2.67. The van der Waals surface area contributed by atoms with Crippen LogP contribution in [0.25, 0.3) is 0 Å². The van der Waals surface area contributed by atoms with Gasteiger partial charge in [0.15, 0.2) is 0 Å². The van der Waals surface area contributed by atoms with Gasteiger partial charge in [-0.3, -0.25) is 0 Å². The first-order chi connectivity index (χ1) is 12.0. The Bertz CT molecular complexity index is 88.1. The van der Waals surface area contributed by atoms with Crippen molar-refractivity contribution in [1.29, 1.82) is 0 Å². The molecular weight excluding hydrogens is 300 g/mol. The minimum atomic E-state index is 1.00. The molecule has 0 unspecified atom stereocenters. The number of aliphatic hydroxyl groups excluding tert-OH is 3. The lowest BCUT2D eigenvalue weighted by atomic mass is 10.0. The minimum Gasteiger partial charge on any atom is -0.400 e. The van der Waals surface area contributed by atoms with Crippen LogP contribution in [0.2, 0.25) is 0 Å². The SMILES string of the molecule is C1CCCCCCCCCCCCCCCCC1.CO.CO.CO. The van der Waals surface area contributed by atoms with Crippen LogP contribution in [-0.2, 0) is 0 Å². The molecule has 0 atom stereocenters. The van der Waals surface area contributed by atoms with E-state index in [1.165, 1.54) is 116 Å². The summed E-state index contributed by atoms with van der Waals surface area (Å²) in [5.41, 5.74) is 0. The van der Waals surface area contributed by atoms with Crippen LogP contribution in [0.4, 0.5) is 0 Å². The summed E-state index contributed by atoms with van der Waals surface area (Å²) in [6.07, 6.45) is 27.0. The Balaban J connectivity index is -0.000000659. The summed E-state index contributed by atoms with van der Waals surface area (Å²) in [6, 6.07) is 0. The van der Waals surface area contributed by atoms with E-state index >= 15 is 0 Å². The highest BCUT2D eigenvalue weighted by molar-refractivity contribution is 4.52. The molecule has 1 aliphatic carbocycles. The van der Waals surface area contributed by atoms with Crippen LogP contribution in [0.5, 0.6) is 0 Å². The third-order valence-corrected chi connectivity index (χ3v) is 4.50. The number of rotatable bonds is 0. The molecule has 1 aliphatic rings. The number of hydrogen-bond donors (Lipinski definition) is 3. The summed E-state index contributed by atoms with van der Waals surface area (Å²) < 4.78 is 0. The first-order valence-electron chi connectivity index (χ1n) is 10.3. The largest absolute Gasteiger partial charge is 0.400 e.